The number of halogens is 2. The summed E-state index contributed by atoms with van der Waals surface area (Å²) < 4.78 is 5.43. The Bertz CT molecular complexity index is 340. The average molecular weight is 368 g/mol. The molecule has 3 rings (SSSR count). The predicted octanol–water partition coefficient (Wildman–Crippen LogP) is 1.40. The van der Waals surface area contributed by atoms with Gasteiger partial charge in [-0.25, -0.2) is 0 Å². The van der Waals surface area contributed by atoms with Crippen LogP contribution in [0.3, 0.4) is 0 Å². The van der Waals surface area contributed by atoms with Gasteiger partial charge >= 0.3 is 0 Å². The summed E-state index contributed by atoms with van der Waals surface area (Å²) in [6.45, 7) is 8.92. The number of hydrogen-bond donors (Lipinski definition) is 1. The van der Waals surface area contributed by atoms with Gasteiger partial charge in [0.2, 0.25) is 5.91 Å². The first kappa shape index (κ1) is 21.0. The van der Waals surface area contributed by atoms with Crippen LogP contribution in [0.1, 0.15) is 25.7 Å². The molecule has 0 aromatic carbocycles. The van der Waals surface area contributed by atoms with Crippen LogP contribution in [0.25, 0.3) is 0 Å². The van der Waals surface area contributed by atoms with Crippen LogP contribution in [0.15, 0.2) is 0 Å². The molecule has 0 aromatic heterocycles. The molecule has 7 heteroatoms. The number of hydrogen-bond acceptors (Lipinski definition) is 4. The van der Waals surface area contributed by atoms with E-state index in [-0.39, 0.29) is 30.7 Å². The summed E-state index contributed by atoms with van der Waals surface area (Å²) in [6.07, 6.45) is 4.61. The van der Waals surface area contributed by atoms with E-state index < -0.39 is 0 Å². The highest BCUT2D eigenvalue weighted by molar-refractivity contribution is 5.85. The van der Waals surface area contributed by atoms with Gasteiger partial charge in [0.1, 0.15) is 0 Å². The smallest absolute Gasteiger partial charge is 0.227 e. The van der Waals surface area contributed by atoms with Gasteiger partial charge in [-0.1, -0.05) is 0 Å². The Kier molecular flexibility index (Phi) is 9.78. The van der Waals surface area contributed by atoms with E-state index >= 15 is 0 Å². The summed E-state index contributed by atoms with van der Waals surface area (Å²) in [5.74, 6) is 1.40. The van der Waals surface area contributed by atoms with E-state index in [0.29, 0.717) is 5.91 Å². The van der Waals surface area contributed by atoms with Crippen molar-refractivity contribution in [3.63, 3.8) is 0 Å². The summed E-state index contributed by atoms with van der Waals surface area (Å²) in [5.41, 5.74) is 0. The molecule has 136 valence electrons. The maximum atomic E-state index is 12.5. The van der Waals surface area contributed by atoms with E-state index in [4.69, 9.17) is 4.74 Å². The fourth-order valence-electron chi connectivity index (χ4n) is 3.77. The molecule has 0 bridgehead atoms. The second kappa shape index (κ2) is 10.7. The highest BCUT2D eigenvalue weighted by Crippen LogP contribution is 2.18. The molecule has 1 N–H and O–H groups in total. The molecule has 0 radical (unpaired) electrons. The van der Waals surface area contributed by atoms with Gasteiger partial charge < -0.3 is 15.0 Å². The van der Waals surface area contributed by atoms with Gasteiger partial charge in [-0.3, -0.25) is 9.69 Å². The summed E-state index contributed by atoms with van der Waals surface area (Å²) in [5, 5.41) is 3.35. The summed E-state index contributed by atoms with van der Waals surface area (Å²) in [6, 6.07) is 0. The second-order valence-electron chi connectivity index (χ2n) is 6.72. The zero-order chi connectivity index (χ0) is 14.5. The van der Waals surface area contributed by atoms with Crippen molar-refractivity contribution in [2.75, 3.05) is 59.0 Å². The maximum absolute atomic E-state index is 12.5. The molecule has 0 saturated carbocycles. The minimum absolute atomic E-state index is 0. The van der Waals surface area contributed by atoms with Crippen LogP contribution in [-0.4, -0.2) is 74.7 Å². The molecule has 1 unspecified atom stereocenters. The first-order valence-corrected chi connectivity index (χ1v) is 8.62. The Hall–Kier alpha value is -0.0700. The Morgan fingerprint density at radius 1 is 1.04 bits per heavy atom. The number of piperidine rings is 1. The third-order valence-corrected chi connectivity index (χ3v) is 5.19. The van der Waals surface area contributed by atoms with Crippen LogP contribution < -0.4 is 5.32 Å². The summed E-state index contributed by atoms with van der Waals surface area (Å²) >= 11 is 0. The van der Waals surface area contributed by atoms with Crippen molar-refractivity contribution in [3.8, 4) is 0 Å². The van der Waals surface area contributed by atoms with Crippen LogP contribution in [0.2, 0.25) is 0 Å². The van der Waals surface area contributed by atoms with E-state index in [9.17, 15) is 4.79 Å². The molecule has 3 fully saturated rings. The van der Waals surface area contributed by atoms with E-state index in [1.807, 2.05) is 0 Å². The molecule has 3 aliphatic rings. The van der Waals surface area contributed by atoms with Gasteiger partial charge in [0.25, 0.3) is 0 Å². The lowest BCUT2D eigenvalue weighted by Gasteiger charge is -2.39. The molecule has 3 heterocycles. The SMILES string of the molecule is Cl.Cl.O=C(C1CCCNC1)N1CCN(CC2CCOCC2)CC1. The standard InChI is InChI=1S/C16H29N3O2.2ClH/c20-16(15-2-1-5-17-12-15)19-8-6-18(7-9-19)13-14-3-10-21-11-4-14;;/h14-15,17H,1-13H2;2*1H. The molecule has 1 atom stereocenters. The lowest BCUT2D eigenvalue weighted by atomic mass is 9.97. The second-order valence-corrected chi connectivity index (χ2v) is 6.72. The molecule has 0 aliphatic carbocycles. The number of nitrogens with zero attached hydrogens (tertiary/aromatic N) is 2. The van der Waals surface area contributed by atoms with E-state index in [1.165, 1.54) is 19.4 Å². The average Bonchev–Trinajstić information content (AvgIpc) is 2.57. The quantitative estimate of drug-likeness (QED) is 0.818. The van der Waals surface area contributed by atoms with Crippen LogP contribution in [0.5, 0.6) is 0 Å². The lowest BCUT2D eigenvalue weighted by Crippen LogP contribution is -2.53. The third-order valence-electron chi connectivity index (χ3n) is 5.19. The highest BCUT2D eigenvalue weighted by Gasteiger charge is 2.29. The number of rotatable bonds is 3. The van der Waals surface area contributed by atoms with Gasteiger partial charge in [0, 0.05) is 52.5 Å². The minimum Gasteiger partial charge on any atom is -0.381 e. The lowest BCUT2D eigenvalue weighted by molar-refractivity contribution is -0.138. The molecule has 3 saturated heterocycles. The van der Waals surface area contributed by atoms with E-state index in [0.717, 1.165) is 71.2 Å². The third kappa shape index (κ3) is 6.05. The van der Waals surface area contributed by atoms with Crippen molar-refractivity contribution >= 4 is 30.7 Å². The van der Waals surface area contributed by atoms with Gasteiger partial charge in [0.15, 0.2) is 0 Å². The number of piperazine rings is 1. The highest BCUT2D eigenvalue weighted by atomic mass is 35.5. The first-order chi connectivity index (χ1) is 10.3. The normalized spacial score (nSPS) is 27.0. The first-order valence-electron chi connectivity index (χ1n) is 8.62. The fraction of sp³-hybridized carbons (Fsp3) is 0.938. The molecule has 1 amide bonds. The number of amides is 1. The van der Waals surface area contributed by atoms with Gasteiger partial charge in [-0.05, 0) is 38.1 Å². The molecule has 3 aliphatic heterocycles. The molecule has 0 spiro atoms. The molecular weight excluding hydrogens is 337 g/mol. The van der Waals surface area contributed by atoms with Gasteiger partial charge in [-0.2, -0.15) is 0 Å². The monoisotopic (exact) mass is 367 g/mol. The Labute approximate surface area is 152 Å². The van der Waals surface area contributed by atoms with Crippen molar-refractivity contribution in [1.29, 1.82) is 0 Å². The number of carbonyl (C=O) groups is 1. The topological polar surface area (TPSA) is 44.8 Å². The largest absolute Gasteiger partial charge is 0.381 e. The summed E-state index contributed by atoms with van der Waals surface area (Å²) in [7, 11) is 0. The van der Waals surface area contributed by atoms with E-state index in [1.54, 1.807) is 0 Å². The maximum Gasteiger partial charge on any atom is 0.227 e. The zero-order valence-electron chi connectivity index (χ0n) is 13.9. The molecule has 0 aromatic rings. The molecule has 23 heavy (non-hydrogen) atoms. The van der Waals surface area contributed by atoms with Crippen molar-refractivity contribution < 1.29 is 9.53 Å². The van der Waals surface area contributed by atoms with Gasteiger partial charge in [-0.15, -0.1) is 24.8 Å². The molecular formula is C16H31Cl2N3O2. The predicted molar refractivity (Wildman–Crippen MR) is 96.7 cm³/mol. The Morgan fingerprint density at radius 2 is 1.74 bits per heavy atom. The number of carbonyl (C=O) groups excluding carboxylic acids is 1. The zero-order valence-corrected chi connectivity index (χ0v) is 15.5. The number of ether oxygens (including phenoxy) is 1. The van der Waals surface area contributed by atoms with Crippen molar-refractivity contribution in [1.82, 2.24) is 15.1 Å². The van der Waals surface area contributed by atoms with Gasteiger partial charge in [0.05, 0.1) is 5.92 Å². The van der Waals surface area contributed by atoms with Crippen LogP contribution in [-0.2, 0) is 9.53 Å². The minimum atomic E-state index is 0. The van der Waals surface area contributed by atoms with Crippen molar-refractivity contribution in [3.05, 3.63) is 0 Å². The van der Waals surface area contributed by atoms with Crippen LogP contribution >= 0.6 is 24.8 Å². The van der Waals surface area contributed by atoms with Crippen LogP contribution in [0.4, 0.5) is 0 Å². The molecule has 5 nitrogen and oxygen atoms in total. The Morgan fingerprint density at radius 3 is 2.35 bits per heavy atom. The van der Waals surface area contributed by atoms with Crippen LogP contribution in [0, 0.1) is 11.8 Å². The summed E-state index contributed by atoms with van der Waals surface area (Å²) in [4.78, 5) is 17.1. The fourth-order valence-corrected chi connectivity index (χ4v) is 3.77. The van der Waals surface area contributed by atoms with E-state index in [2.05, 4.69) is 15.1 Å². The Balaban J connectivity index is 0.00000132. The number of nitrogens with one attached hydrogen (secondary N) is 1. The van der Waals surface area contributed by atoms with Crippen molar-refractivity contribution in [2.24, 2.45) is 11.8 Å². The van der Waals surface area contributed by atoms with Crippen molar-refractivity contribution in [2.45, 2.75) is 25.7 Å².